The van der Waals surface area contributed by atoms with Gasteiger partial charge in [-0.3, -0.25) is 4.90 Å². The standard InChI is InChI=1S/C15H22ClF3N2/c1-4-13(20)14(11-7-5-6-8-12(11)16)21(10(2)3)9-15(17,18)19/h5-8,10,13-14H,4,9,20H2,1-3H3. The maximum absolute atomic E-state index is 12.9. The lowest BCUT2D eigenvalue weighted by molar-refractivity contribution is -0.156. The first-order valence-electron chi connectivity index (χ1n) is 6.99. The van der Waals surface area contributed by atoms with Crippen LogP contribution in [0.3, 0.4) is 0 Å². The van der Waals surface area contributed by atoms with Crippen LogP contribution in [0.5, 0.6) is 0 Å². The van der Waals surface area contributed by atoms with Crippen LogP contribution < -0.4 is 5.73 Å². The molecular formula is C15H22ClF3N2. The van der Waals surface area contributed by atoms with Gasteiger partial charge >= 0.3 is 6.18 Å². The van der Waals surface area contributed by atoms with E-state index in [2.05, 4.69) is 0 Å². The Hall–Kier alpha value is -0.780. The highest BCUT2D eigenvalue weighted by Crippen LogP contribution is 2.34. The predicted octanol–water partition coefficient (Wildman–Crippen LogP) is 4.39. The van der Waals surface area contributed by atoms with Crippen molar-refractivity contribution in [2.45, 2.75) is 51.5 Å². The van der Waals surface area contributed by atoms with Gasteiger partial charge < -0.3 is 5.73 Å². The molecule has 2 unspecified atom stereocenters. The Morgan fingerprint density at radius 3 is 2.24 bits per heavy atom. The predicted molar refractivity (Wildman–Crippen MR) is 80.4 cm³/mol. The maximum Gasteiger partial charge on any atom is 0.401 e. The quantitative estimate of drug-likeness (QED) is 0.841. The summed E-state index contributed by atoms with van der Waals surface area (Å²) in [6, 6.07) is 5.66. The first kappa shape index (κ1) is 18.3. The molecule has 1 aromatic rings. The van der Waals surface area contributed by atoms with Crippen molar-refractivity contribution in [3.05, 3.63) is 34.9 Å². The van der Waals surface area contributed by atoms with E-state index in [0.29, 0.717) is 17.0 Å². The molecule has 0 saturated carbocycles. The van der Waals surface area contributed by atoms with Crippen LogP contribution in [0, 0.1) is 0 Å². The van der Waals surface area contributed by atoms with Gasteiger partial charge in [0, 0.05) is 17.1 Å². The lowest BCUT2D eigenvalue weighted by atomic mass is 9.95. The van der Waals surface area contributed by atoms with E-state index in [1.165, 1.54) is 4.90 Å². The van der Waals surface area contributed by atoms with E-state index in [1.54, 1.807) is 38.1 Å². The molecule has 0 aliphatic carbocycles. The lowest BCUT2D eigenvalue weighted by Gasteiger charge is -2.39. The molecule has 0 aliphatic rings. The van der Waals surface area contributed by atoms with Gasteiger partial charge in [-0.05, 0) is 31.9 Å². The fraction of sp³-hybridized carbons (Fsp3) is 0.600. The largest absolute Gasteiger partial charge is 0.401 e. The second-order valence-corrected chi connectivity index (χ2v) is 5.83. The summed E-state index contributed by atoms with van der Waals surface area (Å²) in [4.78, 5) is 1.37. The average molecular weight is 323 g/mol. The fourth-order valence-corrected chi connectivity index (χ4v) is 2.65. The lowest BCUT2D eigenvalue weighted by Crippen LogP contribution is -2.48. The second kappa shape index (κ2) is 7.47. The van der Waals surface area contributed by atoms with Crippen molar-refractivity contribution >= 4 is 11.6 Å². The molecule has 120 valence electrons. The van der Waals surface area contributed by atoms with Gasteiger partial charge in [0.25, 0.3) is 0 Å². The van der Waals surface area contributed by atoms with E-state index in [4.69, 9.17) is 17.3 Å². The van der Waals surface area contributed by atoms with Crippen molar-refractivity contribution < 1.29 is 13.2 Å². The molecule has 6 heteroatoms. The Morgan fingerprint density at radius 1 is 1.24 bits per heavy atom. The van der Waals surface area contributed by atoms with Gasteiger partial charge in [-0.1, -0.05) is 36.7 Å². The van der Waals surface area contributed by atoms with Gasteiger partial charge in [0.05, 0.1) is 12.6 Å². The van der Waals surface area contributed by atoms with Gasteiger partial charge in [-0.15, -0.1) is 0 Å². The number of alkyl halides is 3. The number of nitrogens with two attached hydrogens (primary N) is 1. The monoisotopic (exact) mass is 322 g/mol. The molecule has 2 nitrogen and oxygen atoms in total. The summed E-state index contributed by atoms with van der Waals surface area (Å²) >= 11 is 6.18. The van der Waals surface area contributed by atoms with Crippen molar-refractivity contribution in [3.8, 4) is 0 Å². The van der Waals surface area contributed by atoms with Crippen LogP contribution in [0.2, 0.25) is 5.02 Å². The summed E-state index contributed by atoms with van der Waals surface area (Å²) in [5.74, 6) is 0. The van der Waals surface area contributed by atoms with E-state index >= 15 is 0 Å². The SMILES string of the molecule is CCC(N)C(c1ccccc1Cl)N(CC(F)(F)F)C(C)C. The van der Waals surface area contributed by atoms with Crippen molar-refractivity contribution in [3.63, 3.8) is 0 Å². The molecule has 2 atom stereocenters. The molecular weight excluding hydrogens is 301 g/mol. The Morgan fingerprint density at radius 2 is 1.81 bits per heavy atom. The van der Waals surface area contributed by atoms with Crippen molar-refractivity contribution in [2.24, 2.45) is 5.73 Å². The number of nitrogens with zero attached hydrogens (tertiary/aromatic N) is 1. The summed E-state index contributed by atoms with van der Waals surface area (Å²) in [7, 11) is 0. The molecule has 0 saturated heterocycles. The molecule has 1 rings (SSSR count). The Kier molecular flexibility index (Phi) is 6.50. The van der Waals surface area contributed by atoms with Crippen molar-refractivity contribution in [1.82, 2.24) is 4.90 Å². The minimum atomic E-state index is -4.28. The number of rotatable bonds is 6. The number of benzene rings is 1. The second-order valence-electron chi connectivity index (χ2n) is 5.42. The molecule has 0 fully saturated rings. The summed E-state index contributed by atoms with van der Waals surface area (Å²) in [6.45, 7) is 4.32. The van der Waals surface area contributed by atoms with Crippen LogP contribution in [0.4, 0.5) is 13.2 Å². The average Bonchev–Trinajstić information content (AvgIpc) is 2.38. The molecule has 0 radical (unpaired) electrons. The summed E-state index contributed by atoms with van der Waals surface area (Å²) in [5, 5.41) is 0.444. The molecule has 0 bridgehead atoms. The Bertz CT molecular complexity index is 449. The van der Waals surface area contributed by atoms with E-state index in [-0.39, 0.29) is 6.04 Å². The van der Waals surface area contributed by atoms with E-state index in [0.717, 1.165) is 0 Å². The van der Waals surface area contributed by atoms with Crippen LogP contribution in [-0.2, 0) is 0 Å². The van der Waals surface area contributed by atoms with Gasteiger partial charge in [0.1, 0.15) is 0 Å². The van der Waals surface area contributed by atoms with E-state index < -0.39 is 24.8 Å². The van der Waals surface area contributed by atoms with Crippen LogP contribution in [-0.4, -0.2) is 29.7 Å². The van der Waals surface area contributed by atoms with Crippen LogP contribution in [0.15, 0.2) is 24.3 Å². The summed E-state index contributed by atoms with van der Waals surface area (Å²) in [6.07, 6.45) is -3.71. The van der Waals surface area contributed by atoms with Crippen molar-refractivity contribution in [1.29, 1.82) is 0 Å². The summed E-state index contributed by atoms with van der Waals surface area (Å²) in [5.41, 5.74) is 6.75. The number of hydrogen-bond acceptors (Lipinski definition) is 2. The normalized spacial score (nSPS) is 15.5. The van der Waals surface area contributed by atoms with Gasteiger partial charge in [-0.25, -0.2) is 0 Å². The number of halogens is 4. The molecule has 0 aromatic heterocycles. The smallest absolute Gasteiger partial charge is 0.326 e. The fourth-order valence-electron chi connectivity index (χ4n) is 2.40. The van der Waals surface area contributed by atoms with Gasteiger partial charge in [0.15, 0.2) is 0 Å². The molecule has 1 aromatic carbocycles. The molecule has 2 N–H and O–H groups in total. The third-order valence-electron chi connectivity index (χ3n) is 3.48. The summed E-state index contributed by atoms with van der Waals surface area (Å²) < 4.78 is 38.7. The molecule has 0 heterocycles. The van der Waals surface area contributed by atoms with Gasteiger partial charge in [0.2, 0.25) is 0 Å². The van der Waals surface area contributed by atoms with E-state index in [9.17, 15) is 13.2 Å². The third-order valence-corrected chi connectivity index (χ3v) is 3.83. The van der Waals surface area contributed by atoms with Crippen LogP contribution in [0.1, 0.15) is 38.8 Å². The zero-order valence-electron chi connectivity index (χ0n) is 12.5. The molecule has 0 amide bonds. The first-order chi connectivity index (χ1) is 9.67. The van der Waals surface area contributed by atoms with Crippen molar-refractivity contribution in [2.75, 3.05) is 6.54 Å². The number of hydrogen-bond donors (Lipinski definition) is 1. The minimum absolute atomic E-state index is 0.300. The zero-order valence-corrected chi connectivity index (χ0v) is 13.2. The Labute approximate surface area is 129 Å². The highest BCUT2D eigenvalue weighted by molar-refractivity contribution is 6.31. The van der Waals surface area contributed by atoms with Gasteiger partial charge in [-0.2, -0.15) is 13.2 Å². The highest BCUT2D eigenvalue weighted by atomic mass is 35.5. The van der Waals surface area contributed by atoms with E-state index in [1.807, 2.05) is 6.92 Å². The maximum atomic E-state index is 12.9. The molecule has 0 spiro atoms. The third kappa shape index (κ3) is 5.16. The molecule has 0 aliphatic heterocycles. The molecule has 21 heavy (non-hydrogen) atoms. The van der Waals surface area contributed by atoms with Crippen LogP contribution >= 0.6 is 11.6 Å². The Balaban J connectivity index is 3.25. The minimum Gasteiger partial charge on any atom is -0.326 e. The highest BCUT2D eigenvalue weighted by Gasteiger charge is 2.38. The first-order valence-corrected chi connectivity index (χ1v) is 7.37. The van der Waals surface area contributed by atoms with Crippen LogP contribution in [0.25, 0.3) is 0 Å². The topological polar surface area (TPSA) is 29.3 Å². The zero-order chi connectivity index (χ0) is 16.2.